The summed E-state index contributed by atoms with van der Waals surface area (Å²) in [5.74, 6) is 1.42. The number of ether oxygens (including phenoxy) is 1. The summed E-state index contributed by atoms with van der Waals surface area (Å²) in [5.41, 5.74) is 3.64. The van der Waals surface area contributed by atoms with Crippen LogP contribution in [0.15, 0.2) is 60.7 Å². The fourth-order valence-electron chi connectivity index (χ4n) is 3.87. The van der Waals surface area contributed by atoms with Crippen molar-refractivity contribution in [1.29, 1.82) is 0 Å². The number of aromatic nitrogens is 2. The summed E-state index contributed by atoms with van der Waals surface area (Å²) in [6.07, 6.45) is 5.97. The van der Waals surface area contributed by atoms with Gasteiger partial charge in [0.05, 0.1) is 5.69 Å². The third-order valence-electron chi connectivity index (χ3n) is 5.72. The monoisotopic (exact) mass is 430 g/mol. The van der Waals surface area contributed by atoms with E-state index >= 15 is 0 Å². The summed E-state index contributed by atoms with van der Waals surface area (Å²) in [4.78, 5) is 14.7. The third kappa shape index (κ3) is 5.84. The Morgan fingerprint density at radius 3 is 2.44 bits per heavy atom. The molecule has 2 aromatic carbocycles. The van der Waals surface area contributed by atoms with Gasteiger partial charge in [-0.15, -0.1) is 10.2 Å². The second kappa shape index (κ2) is 10.8. The summed E-state index contributed by atoms with van der Waals surface area (Å²) < 4.78 is 5.60. The SMILES string of the molecule is CCc1ccc(OCC(=O)Nc2cccc(-c3ccc(N4CCCCCC4)nn3)c2)cc1. The zero-order chi connectivity index (χ0) is 22.2. The largest absolute Gasteiger partial charge is 0.484 e. The molecular formula is C26H30N4O2. The molecule has 0 saturated carbocycles. The van der Waals surface area contributed by atoms with Crippen molar-refractivity contribution in [3.8, 4) is 17.0 Å². The second-order valence-electron chi connectivity index (χ2n) is 8.09. The molecule has 0 atom stereocenters. The minimum absolute atomic E-state index is 0.0416. The molecule has 1 amide bonds. The summed E-state index contributed by atoms with van der Waals surface area (Å²) in [7, 11) is 0. The van der Waals surface area contributed by atoms with Crippen molar-refractivity contribution in [3.05, 3.63) is 66.2 Å². The first-order chi connectivity index (χ1) is 15.7. The van der Waals surface area contributed by atoms with Gasteiger partial charge in [-0.3, -0.25) is 4.79 Å². The Balaban J connectivity index is 1.35. The molecule has 0 bridgehead atoms. The van der Waals surface area contributed by atoms with Crippen LogP contribution in [0.5, 0.6) is 5.75 Å². The molecule has 0 spiro atoms. The van der Waals surface area contributed by atoms with Crippen LogP contribution in [0, 0.1) is 0 Å². The Bertz CT molecular complexity index is 1010. The molecule has 0 aliphatic carbocycles. The molecule has 0 unspecified atom stereocenters. The van der Waals surface area contributed by atoms with Crippen LogP contribution in [0.2, 0.25) is 0 Å². The zero-order valence-electron chi connectivity index (χ0n) is 18.6. The standard InChI is InChI=1S/C26H30N4O2/c1-2-20-10-12-23(13-11-20)32-19-26(31)27-22-9-7-8-21(18-22)24-14-15-25(29-28-24)30-16-5-3-4-6-17-30/h7-15,18H,2-6,16-17,19H2,1H3,(H,27,31). The maximum absolute atomic E-state index is 12.3. The van der Waals surface area contributed by atoms with E-state index in [-0.39, 0.29) is 12.5 Å². The van der Waals surface area contributed by atoms with E-state index in [0.717, 1.165) is 36.6 Å². The van der Waals surface area contributed by atoms with Gasteiger partial charge in [-0.2, -0.15) is 0 Å². The Hall–Kier alpha value is -3.41. The highest BCUT2D eigenvalue weighted by molar-refractivity contribution is 5.92. The van der Waals surface area contributed by atoms with Crippen LogP contribution in [0.1, 0.15) is 38.2 Å². The van der Waals surface area contributed by atoms with Crippen LogP contribution >= 0.6 is 0 Å². The van der Waals surface area contributed by atoms with Crippen molar-refractivity contribution < 1.29 is 9.53 Å². The normalized spacial score (nSPS) is 14.0. The van der Waals surface area contributed by atoms with E-state index in [1.165, 1.54) is 31.2 Å². The Kier molecular flexibility index (Phi) is 7.33. The lowest BCUT2D eigenvalue weighted by Gasteiger charge is -2.20. The average Bonchev–Trinajstić information content (AvgIpc) is 3.13. The Morgan fingerprint density at radius 2 is 1.75 bits per heavy atom. The highest BCUT2D eigenvalue weighted by Gasteiger charge is 2.12. The Labute approximate surface area is 189 Å². The van der Waals surface area contributed by atoms with Gasteiger partial charge in [0, 0.05) is 24.3 Å². The lowest BCUT2D eigenvalue weighted by molar-refractivity contribution is -0.118. The summed E-state index contributed by atoms with van der Waals surface area (Å²) in [6.45, 7) is 4.15. The van der Waals surface area contributed by atoms with Crippen molar-refractivity contribution in [2.45, 2.75) is 39.0 Å². The first-order valence-corrected chi connectivity index (χ1v) is 11.4. The molecule has 6 nitrogen and oxygen atoms in total. The van der Waals surface area contributed by atoms with Crippen molar-refractivity contribution in [1.82, 2.24) is 10.2 Å². The van der Waals surface area contributed by atoms with Gasteiger partial charge in [-0.25, -0.2) is 0 Å². The summed E-state index contributed by atoms with van der Waals surface area (Å²) in [6, 6.07) is 19.5. The molecule has 1 aliphatic rings. The zero-order valence-corrected chi connectivity index (χ0v) is 18.6. The number of anilines is 2. The smallest absolute Gasteiger partial charge is 0.262 e. The number of aryl methyl sites for hydroxylation is 1. The number of hydrogen-bond donors (Lipinski definition) is 1. The first kappa shape index (κ1) is 21.8. The second-order valence-corrected chi connectivity index (χ2v) is 8.09. The number of carbonyl (C=O) groups is 1. The van der Waals surface area contributed by atoms with Gasteiger partial charge in [0.2, 0.25) is 0 Å². The van der Waals surface area contributed by atoms with E-state index in [4.69, 9.17) is 4.74 Å². The maximum Gasteiger partial charge on any atom is 0.262 e. The molecule has 0 radical (unpaired) electrons. The molecule has 32 heavy (non-hydrogen) atoms. The first-order valence-electron chi connectivity index (χ1n) is 11.4. The molecule has 1 fully saturated rings. The number of nitrogens with zero attached hydrogens (tertiary/aromatic N) is 3. The minimum atomic E-state index is -0.204. The Morgan fingerprint density at radius 1 is 0.969 bits per heavy atom. The van der Waals surface area contributed by atoms with Gasteiger partial charge in [0.25, 0.3) is 5.91 Å². The van der Waals surface area contributed by atoms with Gasteiger partial charge in [0.1, 0.15) is 5.75 Å². The van der Waals surface area contributed by atoms with E-state index < -0.39 is 0 Å². The predicted octanol–water partition coefficient (Wildman–Crippen LogP) is 5.10. The fourth-order valence-corrected chi connectivity index (χ4v) is 3.87. The van der Waals surface area contributed by atoms with Gasteiger partial charge in [-0.1, -0.05) is 44.0 Å². The van der Waals surface area contributed by atoms with E-state index in [1.807, 2.05) is 60.7 Å². The highest BCUT2D eigenvalue weighted by Crippen LogP contribution is 2.23. The lowest BCUT2D eigenvalue weighted by Crippen LogP contribution is -2.25. The fraction of sp³-hybridized carbons (Fsp3) is 0.346. The highest BCUT2D eigenvalue weighted by atomic mass is 16.5. The van der Waals surface area contributed by atoms with Gasteiger partial charge >= 0.3 is 0 Å². The lowest BCUT2D eigenvalue weighted by atomic mass is 10.1. The van der Waals surface area contributed by atoms with Crippen LogP contribution < -0.4 is 15.0 Å². The van der Waals surface area contributed by atoms with Crippen LogP contribution in [-0.2, 0) is 11.2 Å². The van der Waals surface area contributed by atoms with Crippen molar-refractivity contribution in [3.63, 3.8) is 0 Å². The molecule has 1 saturated heterocycles. The van der Waals surface area contributed by atoms with Crippen molar-refractivity contribution >= 4 is 17.4 Å². The molecule has 1 aromatic heterocycles. The van der Waals surface area contributed by atoms with Gasteiger partial charge < -0.3 is 15.0 Å². The summed E-state index contributed by atoms with van der Waals surface area (Å²) >= 11 is 0. The van der Waals surface area contributed by atoms with E-state index in [0.29, 0.717) is 11.4 Å². The maximum atomic E-state index is 12.3. The van der Waals surface area contributed by atoms with Crippen LogP contribution in [0.4, 0.5) is 11.5 Å². The number of hydrogen-bond acceptors (Lipinski definition) is 5. The number of carbonyl (C=O) groups excluding carboxylic acids is 1. The van der Waals surface area contributed by atoms with Gasteiger partial charge in [-0.05, 0) is 61.2 Å². The summed E-state index contributed by atoms with van der Waals surface area (Å²) in [5, 5.41) is 11.8. The van der Waals surface area contributed by atoms with Crippen molar-refractivity contribution in [2.75, 3.05) is 29.9 Å². The molecule has 2 heterocycles. The van der Waals surface area contributed by atoms with E-state index in [9.17, 15) is 4.79 Å². The van der Waals surface area contributed by atoms with Gasteiger partial charge in [0.15, 0.2) is 12.4 Å². The number of benzene rings is 2. The van der Waals surface area contributed by atoms with Crippen molar-refractivity contribution in [2.24, 2.45) is 0 Å². The van der Waals surface area contributed by atoms with Crippen LogP contribution in [0.25, 0.3) is 11.3 Å². The molecule has 1 N–H and O–H groups in total. The van der Waals surface area contributed by atoms with Crippen LogP contribution in [0.3, 0.4) is 0 Å². The van der Waals surface area contributed by atoms with Crippen LogP contribution in [-0.4, -0.2) is 35.8 Å². The molecule has 3 aromatic rings. The number of amides is 1. The predicted molar refractivity (Wildman–Crippen MR) is 128 cm³/mol. The topological polar surface area (TPSA) is 67.3 Å². The average molecular weight is 431 g/mol. The quantitative estimate of drug-likeness (QED) is 0.565. The minimum Gasteiger partial charge on any atom is -0.484 e. The number of rotatable bonds is 7. The molecule has 6 heteroatoms. The van der Waals surface area contributed by atoms with E-state index in [2.05, 4.69) is 27.3 Å². The molecule has 166 valence electrons. The third-order valence-corrected chi connectivity index (χ3v) is 5.72. The molecule has 4 rings (SSSR count). The number of nitrogens with one attached hydrogen (secondary N) is 1. The van der Waals surface area contributed by atoms with E-state index in [1.54, 1.807) is 0 Å². The molecule has 1 aliphatic heterocycles. The molecular weight excluding hydrogens is 400 g/mol.